The third kappa shape index (κ3) is 3.52. The van der Waals surface area contributed by atoms with E-state index in [0.29, 0.717) is 6.04 Å². The van der Waals surface area contributed by atoms with Crippen LogP contribution < -0.4 is 5.32 Å². The maximum atomic E-state index is 3.62. The first kappa shape index (κ1) is 14.0. The minimum atomic E-state index is 0.680. The van der Waals surface area contributed by atoms with Gasteiger partial charge in [0.25, 0.3) is 0 Å². The molecule has 0 aliphatic carbocycles. The Balaban J connectivity index is 1.82. The molecule has 18 heavy (non-hydrogen) atoms. The SMILES string of the molecule is CCNC(CCC1Cc2ccccc2S1)C(C)C. The average Bonchev–Trinajstić information content (AvgIpc) is 2.76. The van der Waals surface area contributed by atoms with Gasteiger partial charge in [0.05, 0.1) is 0 Å². The molecule has 100 valence electrons. The van der Waals surface area contributed by atoms with Gasteiger partial charge in [-0.1, -0.05) is 39.0 Å². The van der Waals surface area contributed by atoms with Gasteiger partial charge in [0.2, 0.25) is 0 Å². The first-order valence-corrected chi connectivity index (χ1v) is 8.06. The van der Waals surface area contributed by atoms with Gasteiger partial charge in [0.1, 0.15) is 0 Å². The predicted molar refractivity (Wildman–Crippen MR) is 81.3 cm³/mol. The van der Waals surface area contributed by atoms with Gasteiger partial charge in [-0.2, -0.15) is 0 Å². The number of fused-ring (bicyclic) bond motifs is 1. The fourth-order valence-electron chi connectivity index (χ4n) is 2.71. The number of nitrogens with one attached hydrogen (secondary N) is 1. The minimum Gasteiger partial charge on any atom is -0.314 e. The molecule has 1 N–H and O–H groups in total. The monoisotopic (exact) mass is 263 g/mol. The molecule has 0 amide bonds. The molecule has 0 saturated carbocycles. The highest BCUT2D eigenvalue weighted by Crippen LogP contribution is 2.39. The van der Waals surface area contributed by atoms with Crippen LogP contribution in [0.25, 0.3) is 0 Å². The Labute approximate surface area is 116 Å². The van der Waals surface area contributed by atoms with E-state index in [4.69, 9.17) is 0 Å². The predicted octanol–water partition coefficient (Wildman–Crippen LogP) is 4.12. The van der Waals surface area contributed by atoms with Gasteiger partial charge in [-0.05, 0) is 43.4 Å². The van der Waals surface area contributed by atoms with Crippen molar-refractivity contribution in [2.24, 2.45) is 5.92 Å². The standard InChI is InChI=1S/C16H25NS/c1-4-17-15(12(2)3)10-9-14-11-13-7-5-6-8-16(13)18-14/h5-8,12,14-15,17H,4,9-11H2,1-3H3. The molecule has 0 spiro atoms. The van der Waals surface area contributed by atoms with Gasteiger partial charge in [-0.25, -0.2) is 0 Å². The smallest absolute Gasteiger partial charge is 0.0136 e. The maximum Gasteiger partial charge on any atom is 0.0136 e. The lowest BCUT2D eigenvalue weighted by Crippen LogP contribution is -2.34. The van der Waals surface area contributed by atoms with Crippen LogP contribution in [0.1, 0.15) is 39.2 Å². The third-order valence-electron chi connectivity index (χ3n) is 3.78. The summed E-state index contributed by atoms with van der Waals surface area (Å²) in [5.41, 5.74) is 1.55. The molecule has 0 radical (unpaired) electrons. The molecule has 1 aromatic rings. The highest BCUT2D eigenvalue weighted by atomic mass is 32.2. The van der Waals surface area contributed by atoms with Crippen LogP contribution in [0.4, 0.5) is 0 Å². The molecule has 2 atom stereocenters. The molecule has 0 bridgehead atoms. The number of hydrogen-bond donors (Lipinski definition) is 1. The normalized spacial score (nSPS) is 20.1. The third-order valence-corrected chi connectivity index (χ3v) is 5.17. The van der Waals surface area contributed by atoms with Crippen molar-refractivity contribution in [3.63, 3.8) is 0 Å². The number of thioether (sulfide) groups is 1. The Kier molecular flexibility index (Phi) is 5.13. The second-order valence-corrected chi connectivity index (χ2v) is 6.88. The summed E-state index contributed by atoms with van der Waals surface area (Å²) in [5.74, 6) is 0.735. The molecule has 2 heteroatoms. The van der Waals surface area contributed by atoms with Crippen molar-refractivity contribution >= 4 is 11.8 Å². The highest BCUT2D eigenvalue weighted by molar-refractivity contribution is 8.00. The van der Waals surface area contributed by atoms with E-state index in [9.17, 15) is 0 Å². The zero-order valence-corrected chi connectivity index (χ0v) is 12.6. The summed E-state index contributed by atoms with van der Waals surface area (Å²) in [6.45, 7) is 7.93. The van der Waals surface area contributed by atoms with Crippen LogP contribution in [-0.4, -0.2) is 17.8 Å². The molecular weight excluding hydrogens is 238 g/mol. The van der Waals surface area contributed by atoms with Gasteiger partial charge in [-0.15, -0.1) is 11.8 Å². The topological polar surface area (TPSA) is 12.0 Å². The molecule has 2 rings (SSSR count). The van der Waals surface area contributed by atoms with Gasteiger partial charge < -0.3 is 5.32 Å². The van der Waals surface area contributed by atoms with E-state index in [1.54, 1.807) is 5.56 Å². The lowest BCUT2D eigenvalue weighted by Gasteiger charge is -2.23. The Morgan fingerprint density at radius 1 is 1.33 bits per heavy atom. The van der Waals surface area contributed by atoms with Crippen LogP contribution in [-0.2, 0) is 6.42 Å². The molecule has 0 aromatic heterocycles. The van der Waals surface area contributed by atoms with Crippen molar-refractivity contribution in [3.05, 3.63) is 29.8 Å². The Morgan fingerprint density at radius 3 is 2.78 bits per heavy atom. The molecule has 1 aromatic carbocycles. The summed E-state index contributed by atoms with van der Waals surface area (Å²) in [5, 5.41) is 4.41. The molecule has 2 unspecified atom stereocenters. The Hall–Kier alpha value is -0.470. The van der Waals surface area contributed by atoms with Crippen molar-refractivity contribution in [1.82, 2.24) is 5.32 Å². The first-order chi connectivity index (χ1) is 8.70. The molecule has 1 aliphatic rings. The van der Waals surface area contributed by atoms with Crippen LogP contribution in [0, 0.1) is 5.92 Å². The van der Waals surface area contributed by atoms with Crippen molar-refractivity contribution in [2.45, 2.75) is 56.2 Å². The van der Waals surface area contributed by atoms with Crippen molar-refractivity contribution in [1.29, 1.82) is 0 Å². The Morgan fingerprint density at radius 2 is 2.11 bits per heavy atom. The first-order valence-electron chi connectivity index (χ1n) is 7.18. The van der Waals surface area contributed by atoms with Crippen LogP contribution in [0.3, 0.4) is 0 Å². The zero-order chi connectivity index (χ0) is 13.0. The highest BCUT2D eigenvalue weighted by Gasteiger charge is 2.23. The lowest BCUT2D eigenvalue weighted by molar-refractivity contribution is 0.375. The number of hydrogen-bond acceptors (Lipinski definition) is 2. The number of rotatable bonds is 6. The van der Waals surface area contributed by atoms with Gasteiger partial charge in [0.15, 0.2) is 0 Å². The quantitative estimate of drug-likeness (QED) is 0.828. The summed E-state index contributed by atoms with van der Waals surface area (Å²) < 4.78 is 0. The zero-order valence-electron chi connectivity index (χ0n) is 11.8. The van der Waals surface area contributed by atoms with E-state index in [0.717, 1.165) is 17.7 Å². The van der Waals surface area contributed by atoms with Crippen LogP contribution in [0.5, 0.6) is 0 Å². The fraction of sp³-hybridized carbons (Fsp3) is 0.625. The van der Waals surface area contributed by atoms with E-state index < -0.39 is 0 Å². The molecule has 1 nitrogen and oxygen atoms in total. The summed E-state index contributed by atoms with van der Waals surface area (Å²) in [7, 11) is 0. The second kappa shape index (κ2) is 6.63. The summed E-state index contributed by atoms with van der Waals surface area (Å²) in [6.07, 6.45) is 3.89. The molecular formula is C16H25NS. The van der Waals surface area contributed by atoms with E-state index in [1.165, 1.54) is 24.2 Å². The van der Waals surface area contributed by atoms with Crippen molar-refractivity contribution in [3.8, 4) is 0 Å². The fourth-order valence-corrected chi connectivity index (χ4v) is 4.05. The van der Waals surface area contributed by atoms with E-state index in [2.05, 4.69) is 62.1 Å². The van der Waals surface area contributed by atoms with Crippen LogP contribution in [0.2, 0.25) is 0 Å². The maximum absolute atomic E-state index is 3.62. The van der Waals surface area contributed by atoms with Gasteiger partial charge >= 0.3 is 0 Å². The van der Waals surface area contributed by atoms with E-state index >= 15 is 0 Å². The molecule has 0 fully saturated rings. The molecule has 1 heterocycles. The van der Waals surface area contributed by atoms with E-state index in [-0.39, 0.29) is 0 Å². The minimum absolute atomic E-state index is 0.680. The number of benzene rings is 1. The van der Waals surface area contributed by atoms with E-state index in [1.807, 2.05) is 0 Å². The van der Waals surface area contributed by atoms with Gasteiger partial charge in [0, 0.05) is 16.2 Å². The van der Waals surface area contributed by atoms with Crippen molar-refractivity contribution in [2.75, 3.05) is 6.54 Å². The Bertz CT molecular complexity index is 350. The molecule has 0 saturated heterocycles. The largest absolute Gasteiger partial charge is 0.314 e. The van der Waals surface area contributed by atoms with Crippen LogP contribution in [0.15, 0.2) is 29.2 Å². The second-order valence-electron chi connectivity index (χ2n) is 5.54. The van der Waals surface area contributed by atoms with Crippen LogP contribution >= 0.6 is 11.8 Å². The lowest BCUT2D eigenvalue weighted by atomic mass is 9.97. The summed E-state index contributed by atoms with van der Waals surface area (Å²) in [4.78, 5) is 1.51. The summed E-state index contributed by atoms with van der Waals surface area (Å²) in [6, 6.07) is 9.55. The van der Waals surface area contributed by atoms with Gasteiger partial charge in [-0.3, -0.25) is 0 Å². The van der Waals surface area contributed by atoms with Crippen molar-refractivity contribution < 1.29 is 0 Å². The average molecular weight is 263 g/mol. The molecule has 1 aliphatic heterocycles. The summed E-state index contributed by atoms with van der Waals surface area (Å²) >= 11 is 2.08.